The standard InChI is InChI=1S/C22H29FN2O5/c1-21(2,3)30-20(28)25-12-9-16(23)13-17(25)18(26)24-22(10-11-22)15-7-5-14(6-8-15)19(27)29-4/h5-8,16-17H,9-13H2,1-4H3,(H,24,26)/t16?,17-/m1/s1. The number of piperidine rings is 1. The number of carbonyl (C=O) groups excluding carboxylic acids is 3. The maximum atomic E-state index is 14.1. The van der Waals surface area contributed by atoms with Crippen molar-refractivity contribution in [2.75, 3.05) is 13.7 Å². The molecular weight excluding hydrogens is 391 g/mol. The summed E-state index contributed by atoms with van der Waals surface area (Å²) < 4.78 is 24.2. The van der Waals surface area contributed by atoms with Gasteiger partial charge in [0.25, 0.3) is 0 Å². The van der Waals surface area contributed by atoms with Crippen molar-refractivity contribution in [3.63, 3.8) is 0 Å². The number of carbonyl (C=O) groups is 3. The van der Waals surface area contributed by atoms with Crippen molar-refractivity contribution < 1.29 is 28.2 Å². The highest BCUT2D eigenvalue weighted by Gasteiger charge is 2.48. The molecular formula is C22H29FN2O5. The summed E-state index contributed by atoms with van der Waals surface area (Å²) in [5, 5.41) is 3.01. The molecule has 8 heteroatoms. The average molecular weight is 420 g/mol. The topological polar surface area (TPSA) is 84.9 Å². The molecule has 1 aliphatic carbocycles. The van der Waals surface area contributed by atoms with Crippen molar-refractivity contribution in [3.8, 4) is 0 Å². The van der Waals surface area contributed by atoms with E-state index in [4.69, 9.17) is 9.47 Å². The Morgan fingerprint density at radius 2 is 1.80 bits per heavy atom. The van der Waals surface area contributed by atoms with E-state index in [1.807, 2.05) is 0 Å². The highest BCUT2D eigenvalue weighted by molar-refractivity contribution is 5.89. The summed E-state index contributed by atoms with van der Waals surface area (Å²) in [4.78, 5) is 38.6. The highest BCUT2D eigenvalue weighted by atomic mass is 19.1. The molecule has 0 radical (unpaired) electrons. The van der Waals surface area contributed by atoms with Crippen LogP contribution in [-0.4, -0.2) is 54.3 Å². The number of methoxy groups -OCH3 is 1. The predicted octanol–water partition coefficient (Wildman–Crippen LogP) is 3.32. The smallest absolute Gasteiger partial charge is 0.410 e. The number of ether oxygens (including phenoxy) is 2. The van der Waals surface area contributed by atoms with Crippen molar-refractivity contribution in [2.24, 2.45) is 0 Å². The number of alkyl halides is 1. The summed E-state index contributed by atoms with van der Waals surface area (Å²) in [6, 6.07) is 5.95. The normalized spacial score (nSPS) is 22.8. The minimum atomic E-state index is -1.14. The van der Waals surface area contributed by atoms with Crippen LogP contribution in [-0.2, 0) is 19.8 Å². The number of hydrogen-bond donors (Lipinski definition) is 1. The largest absolute Gasteiger partial charge is 0.465 e. The van der Waals surface area contributed by atoms with Gasteiger partial charge in [-0.05, 0) is 57.7 Å². The van der Waals surface area contributed by atoms with Crippen molar-refractivity contribution in [1.29, 1.82) is 0 Å². The summed E-state index contributed by atoms with van der Waals surface area (Å²) in [5.74, 6) is -0.822. The number of likely N-dealkylation sites (tertiary alicyclic amines) is 1. The molecule has 1 N–H and O–H groups in total. The van der Waals surface area contributed by atoms with Crippen molar-refractivity contribution >= 4 is 18.0 Å². The third-order valence-electron chi connectivity index (χ3n) is 5.44. The van der Waals surface area contributed by atoms with Crippen LogP contribution in [0.5, 0.6) is 0 Å². The number of esters is 1. The van der Waals surface area contributed by atoms with E-state index >= 15 is 0 Å². The summed E-state index contributed by atoms with van der Waals surface area (Å²) >= 11 is 0. The first-order valence-corrected chi connectivity index (χ1v) is 10.2. The van der Waals surface area contributed by atoms with Crippen LogP contribution in [0.3, 0.4) is 0 Å². The molecule has 1 heterocycles. The summed E-state index contributed by atoms with van der Waals surface area (Å²) in [7, 11) is 1.32. The number of rotatable bonds is 4. The molecule has 2 aliphatic rings. The average Bonchev–Trinajstić information content (AvgIpc) is 3.46. The number of benzene rings is 1. The zero-order chi connectivity index (χ0) is 22.1. The molecule has 1 aromatic rings. The molecule has 0 aromatic heterocycles. The molecule has 2 fully saturated rings. The molecule has 1 aromatic carbocycles. The van der Waals surface area contributed by atoms with Gasteiger partial charge in [-0.25, -0.2) is 14.0 Å². The fourth-order valence-electron chi connectivity index (χ4n) is 3.68. The maximum absolute atomic E-state index is 14.1. The van der Waals surface area contributed by atoms with Crippen LogP contribution in [0, 0.1) is 0 Å². The minimum absolute atomic E-state index is 0.0531. The first-order chi connectivity index (χ1) is 14.0. The Bertz CT molecular complexity index is 814. The Labute approximate surface area is 175 Å². The van der Waals surface area contributed by atoms with Gasteiger partial charge in [0.1, 0.15) is 17.8 Å². The van der Waals surface area contributed by atoms with Gasteiger partial charge in [-0.15, -0.1) is 0 Å². The lowest BCUT2D eigenvalue weighted by Crippen LogP contribution is -2.56. The number of halogens is 1. The van der Waals surface area contributed by atoms with Gasteiger partial charge in [-0.1, -0.05) is 12.1 Å². The van der Waals surface area contributed by atoms with Gasteiger partial charge in [0.2, 0.25) is 5.91 Å². The third-order valence-corrected chi connectivity index (χ3v) is 5.44. The molecule has 0 bridgehead atoms. The van der Waals surface area contributed by atoms with Crippen LogP contribution in [0.25, 0.3) is 0 Å². The number of nitrogens with one attached hydrogen (secondary N) is 1. The Kier molecular flexibility index (Phi) is 6.06. The first kappa shape index (κ1) is 22.1. The molecule has 7 nitrogen and oxygen atoms in total. The van der Waals surface area contributed by atoms with E-state index in [1.165, 1.54) is 12.0 Å². The lowest BCUT2D eigenvalue weighted by atomic mass is 9.98. The maximum Gasteiger partial charge on any atom is 0.410 e. The van der Waals surface area contributed by atoms with Gasteiger partial charge in [-0.2, -0.15) is 0 Å². The Balaban J connectivity index is 1.73. The van der Waals surface area contributed by atoms with Crippen LogP contribution in [0.15, 0.2) is 24.3 Å². The van der Waals surface area contributed by atoms with E-state index in [1.54, 1.807) is 45.0 Å². The Morgan fingerprint density at radius 3 is 2.33 bits per heavy atom. The fraction of sp³-hybridized carbons (Fsp3) is 0.591. The summed E-state index contributed by atoms with van der Waals surface area (Å²) in [5.41, 5.74) is 0.0187. The summed E-state index contributed by atoms with van der Waals surface area (Å²) in [6.45, 7) is 5.38. The van der Waals surface area contributed by atoms with Gasteiger partial charge in [-0.3, -0.25) is 9.69 Å². The van der Waals surface area contributed by atoms with Gasteiger partial charge < -0.3 is 14.8 Å². The molecule has 30 heavy (non-hydrogen) atoms. The van der Waals surface area contributed by atoms with Gasteiger partial charge >= 0.3 is 12.1 Å². The highest BCUT2D eigenvalue weighted by Crippen LogP contribution is 2.45. The van der Waals surface area contributed by atoms with Crippen molar-refractivity contribution in [2.45, 2.75) is 69.8 Å². The Hall–Kier alpha value is -2.64. The molecule has 1 saturated heterocycles. The number of nitrogens with zero attached hydrogens (tertiary/aromatic N) is 1. The minimum Gasteiger partial charge on any atom is -0.465 e. The van der Waals surface area contributed by atoms with Crippen LogP contribution in [0.1, 0.15) is 62.4 Å². The van der Waals surface area contributed by atoms with Crippen molar-refractivity contribution in [3.05, 3.63) is 35.4 Å². The van der Waals surface area contributed by atoms with E-state index in [0.717, 1.165) is 18.4 Å². The fourth-order valence-corrected chi connectivity index (χ4v) is 3.68. The predicted molar refractivity (Wildman–Crippen MR) is 108 cm³/mol. The lowest BCUT2D eigenvalue weighted by molar-refractivity contribution is -0.129. The second-order valence-corrected chi connectivity index (χ2v) is 8.95. The second kappa shape index (κ2) is 8.24. The van der Waals surface area contributed by atoms with E-state index in [-0.39, 0.29) is 19.4 Å². The van der Waals surface area contributed by atoms with Crippen LogP contribution in [0.4, 0.5) is 9.18 Å². The van der Waals surface area contributed by atoms with Gasteiger partial charge in [0.05, 0.1) is 18.2 Å². The van der Waals surface area contributed by atoms with E-state index < -0.39 is 41.3 Å². The molecule has 3 rings (SSSR count). The van der Waals surface area contributed by atoms with Crippen LogP contribution >= 0.6 is 0 Å². The molecule has 164 valence electrons. The molecule has 1 aliphatic heterocycles. The number of hydrogen-bond acceptors (Lipinski definition) is 5. The molecule has 2 amide bonds. The molecule has 1 saturated carbocycles. The number of amides is 2. The SMILES string of the molecule is COC(=O)c1ccc(C2(NC(=O)[C@H]3CC(F)CCN3C(=O)OC(C)(C)C)CC2)cc1. The van der Waals surface area contributed by atoms with E-state index in [2.05, 4.69) is 5.32 Å². The van der Waals surface area contributed by atoms with E-state index in [9.17, 15) is 18.8 Å². The Morgan fingerprint density at radius 1 is 1.17 bits per heavy atom. The monoisotopic (exact) mass is 420 g/mol. The van der Waals surface area contributed by atoms with Crippen LogP contribution in [0.2, 0.25) is 0 Å². The molecule has 1 unspecified atom stereocenters. The third kappa shape index (κ3) is 4.91. The van der Waals surface area contributed by atoms with Gasteiger partial charge in [0.15, 0.2) is 0 Å². The zero-order valence-electron chi connectivity index (χ0n) is 17.9. The van der Waals surface area contributed by atoms with Crippen molar-refractivity contribution in [1.82, 2.24) is 10.2 Å². The first-order valence-electron chi connectivity index (χ1n) is 10.2. The lowest BCUT2D eigenvalue weighted by Gasteiger charge is -2.37. The van der Waals surface area contributed by atoms with E-state index in [0.29, 0.717) is 5.56 Å². The quantitative estimate of drug-likeness (QED) is 0.756. The molecule has 0 spiro atoms. The van der Waals surface area contributed by atoms with Gasteiger partial charge in [0, 0.05) is 13.0 Å². The van der Waals surface area contributed by atoms with Crippen LogP contribution < -0.4 is 5.32 Å². The summed E-state index contributed by atoms with van der Waals surface area (Å²) in [6.07, 6.45) is -0.162. The molecule has 2 atom stereocenters. The second-order valence-electron chi connectivity index (χ2n) is 8.95. The zero-order valence-corrected chi connectivity index (χ0v) is 17.9.